The van der Waals surface area contributed by atoms with E-state index in [0.717, 1.165) is 13.0 Å². The Morgan fingerprint density at radius 3 is 3.15 bits per heavy atom. The minimum Gasteiger partial charge on any atom is -0.386 e. The third-order valence-corrected chi connectivity index (χ3v) is 1.85. The van der Waals surface area contributed by atoms with Crippen molar-refractivity contribution in [2.45, 2.75) is 32.4 Å². The summed E-state index contributed by atoms with van der Waals surface area (Å²) in [6.45, 7) is 2.82. The van der Waals surface area contributed by atoms with Gasteiger partial charge in [0, 0.05) is 19.2 Å². The van der Waals surface area contributed by atoms with E-state index in [9.17, 15) is 9.90 Å². The van der Waals surface area contributed by atoms with Gasteiger partial charge in [0.1, 0.15) is 12.4 Å². The molecule has 13 heavy (non-hydrogen) atoms. The molecule has 4 nitrogen and oxygen atoms in total. The van der Waals surface area contributed by atoms with Gasteiger partial charge in [0.05, 0.1) is 5.69 Å². The van der Waals surface area contributed by atoms with Gasteiger partial charge in [0.2, 0.25) is 0 Å². The smallest absolute Gasteiger partial charge is 0.122 e. The summed E-state index contributed by atoms with van der Waals surface area (Å²) in [4.78, 5) is 10.2. The van der Waals surface area contributed by atoms with Crippen molar-refractivity contribution in [3.8, 4) is 0 Å². The minimum absolute atomic E-state index is 0.134. The van der Waals surface area contributed by atoms with Gasteiger partial charge in [-0.15, -0.1) is 0 Å². The van der Waals surface area contributed by atoms with Gasteiger partial charge in [-0.3, -0.25) is 4.68 Å². The molecule has 1 unspecified atom stereocenters. The first kappa shape index (κ1) is 9.92. The first-order valence-electron chi connectivity index (χ1n) is 4.43. The van der Waals surface area contributed by atoms with E-state index in [0.29, 0.717) is 12.0 Å². The van der Waals surface area contributed by atoms with Crippen LogP contribution < -0.4 is 0 Å². The fourth-order valence-electron chi connectivity index (χ4n) is 1.24. The highest BCUT2D eigenvalue weighted by atomic mass is 16.3. The Morgan fingerprint density at radius 1 is 1.77 bits per heavy atom. The van der Waals surface area contributed by atoms with Gasteiger partial charge in [-0.2, -0.15) is 5.10 Å². The number of aromatic nitrogens is 2. The van der Waals surface area contributed by atoms with Crippen LogP contribution in [0.4, 0.5) is 0 Å². The minimum atomic E-state index is -0.716. The van der Waals surface area contributed by atoms with E-state index in [1.54, 1.807) is 16.9 Å². The molecule has 0 spiro atoms. The fourth-order valence-corrected chi connectivity index (χ4v) is 1.24. The Labute approximate surface area is 77.2 Å². The van der Waals surface area contributed by atoms with Gasteiger partial charge in [0.25, 0.3) is 0 Å². The number of aliphatic hydroxyl groups is 1. The molecule has 0 saturated carbocycles. The number of hydrogen-bond donors (Lipinski definition) is 1. The zero-order valence-electron chi connectivity index (χ0n) is 7.68. The third kappa shape index (κ3) is 2.39. The lowest BCUT2D eigenvalue weighted by molar-refractivity contribution is -0.109. The molecule has 4 heteroatoms. The molecule has 0 aliphatic rings. The van der Waals surface area contributed by atoms with Crippen molar-refractivity contribution in [1.82, 2.24) is 9.78 Å². The molecule has 1 atom stereocenters. The summed E-state index contributed by atoms with van der Waals surface area (Å²) in [5.41, 5.74) is 0.717. The van der Waals surface area contributed by atoms with Crippen molar-refractivity contribution in [3.05, 3.63) is 18.0 Å². The summed E-state index contributed by atoms with van der Waals surface area (Å²) >= 11 is 0. The van der Waals surface area contributed by atoms with Gasteiger partial charge in [-0.1, -0.05) is 6.92 Å². The molecule has 0 amide bonds. The van der Waals surface area contributed by atoms with E-state index in [4.69, 9.17) is 0 Å². The molecular formula is C9H14N2O2. The number of carbonyl (C=O) groups excluding carboxylic acids is 1. The van der Waals surface area contributed by atoms with Crippen molar-refractivity contribution in [2.24, 2.45) is 0 Å². The molecular weight excluding hydrogens is 168 g/mol. The monoisotopic (exact) mass is 182 g/mol. The van der Waals surface area contributed by atoms with Crippen molar-refractivity contribution >= 4 is 6.29 Å². The van der Waals surface area contributed by atoms with E-state index in [1.165, 1.54) is 0 Å². The summed E-state index contributed by atoms with van der Waals surface area (Å²) in [7, 11) is 0. The second-order valence-electron chi connectivity index (χ2n) is 2.90. The van der Waals surface area contributed by atoms with Crippen LogP contribution in [0.15, 0.2) is 12.3 Å². The SMILES string of the molecule is CCCn1nccc1C(O)CC=O. The molecule has 1 aromatic rings. The lowest BCUT2D eigenvalue weighted by Crippen LogP contribution is -2.09. The Hall–Kier alpha value is -1.16. The quantitative estimate of drug-likeness (QED) is 0.689. The van der Waals surface area contributed by atoms with Gasteiger partial charge in [-0.05, 0) is 12.5 Å². The van der Waals surface area contributed by atoms with Gasteiger partial charge in [-0.25, -0.2) is 0 Å². The Morgan fingerprint density at radius 2 is 2.54 bits per heavy atom. The van der Waals surface area contributed by atoms with Crippen molar-refractivity contribution in [2.75, 3.05) is 0 Å². The predicted molar refractivity (Wildman–Crippen MR) is 48.2 cm³/mol. The lowest BCUT2D eigenvalue weighted by atomic mass is 10.2. The average Bonchev–Trinajstić information content (AvgIpc) is 2.54. The molecule has 0 aromatic carbocycles. The topological polar surface area (TPSA) is 55.1 Å². The highest BCUT2D eigenvalue weighted by molar-refractivity contribution is 5.50. The maximum absolute atomic E-state index is 10.2. The Bertz CT molecular complexity index is 270. The van der Waals surface area contributed by atoms with Crippen LogP contribution in [0, 0.1) is 0 Å². The molecule has 1 N–H and O–H groups in total. The summed E-state index contributed by atoms with van der Waals surface area (Å²) < 4.78 is 1.73. The van der Waals surface area contributed by atoms with Crippen molar-refractivity contribution < 1.29 is 9.90 Å². The van der Waals surface area contributed by atoms with E-state index in [-0.39, 0.29) is 6.42 Å². The second-order valence-corrected chi connectivity index (χ2v) is 2.90. The molecule has 0 aliphatic carbocycles. The lowest BCUT2D eigenvalue weighted by Gasteiger charge is -2.09. The standard InChI is InChI=1S/C9H14N2O2/c1-2-6-11-8(3-5-10-11)9(13)4-7-12/h3,5,7,9,13H,2,4,6H2,1H3. The zero-order chi connectivity index (χ0) is 9.68. The molecule has 0 fully saturated rings. The summed E-state index contributed by atoms with van der Waals surface area (Å²) in [5.74, 6) is 0. The van der Waals surface area contributed by atoms with E-state index >= 15 is 0 Å². The number of aldehydes is 1. The molecule has 1 rings (SSSR count). The van der Waals surface area contributed by atoms with Crippen LogP contribution in [-0.2, 0) is 11.3 Å². The largest absolute Gasteiger partial charge is 0.386 e. The summed E-state index contributed by atoms with van der Waals surface area (Å²) in [6.07, 6.45) is 2.73. The Kier molecular flexibility index (Phi) is 3.64. The zero-order valence-corrected chi connectivity index (χ0v) is 7.68. The molecule has 0 aliphatic heterocycles. The number of hydrogen-bond acceptors (Lipinski definition) is 3. The maximum atomic E-state index is 10.2. The van der Waals surface area contributed by atoms with Gasteiger partial charge < -0.3 is 9.90 Å². The molecule has 0 bridgehead atoms. The van der Waals surface area contributed by atoms with Crippen molar-refractivity contribution in [1.29, 1.82) is 0 Å². The summed E-state index contributed by atoms with van der Waals surface area (Å²) in [6, 6.07) is 1.74. The van der Waals surface area contributed by atoms with E-state index in [1.807, 2.05) is 6.92 Å². The number of aryl methyl sites for hydroxylation is 1. The van der Waals surface area contributed by atoms with Crippen LogP contribution in [0.3, 0.4) is 0 Å². The average molecular weight is 182 g/mol. The van der Waals surface area contributed by atoms with Crippen LogP contribution in [0.1, 0.15) is 31.6 Å². The second kappa shape index (κ2) is 4.77. The summed E-state index contributed by atoms with van der Waals surface area (Å²) in [5, 5.41) is 13.6. The fraction of sp³-hybridized carbons (Fsp3) is 0.556. The first-order chi connectivity index (χ1) is 6.29. The van der Waals surface area contributed by atoms with Gasteiger partial charge in [0.15, 0.2) is 0 Å². The number of nitrogens with zero attached hydrogens (tertiary/aromatic N) is 2. The highest BCUT2D eigenvalue weighted by Crippen LogP contribution is 2.14. The van der Waals surface area contributed by atoms with Crippen LogP contribution in [-0.4, -0.2) is 21.2 Å². The highest BCUT2D eigenvalue weighted by Gasteiger charge is 2.11. The molecule has 72 valence electrons. The number of rotatable bonds is 5. The van der Waals surface area contributed by atoms with Crippen LogP contribution >= 0.6 is 0 Å². The molecule has 1 heterocycles. The van der Waals surface area contributed by atoms with Crippen LogP contribution in [0.25, 0.3) is 0 Å². The van der Waals surface area contributed by atoms with Crippen molar-refractivity contribution in [3.63, 3.8) is 0 Å². The van der Waals surface area contributed by atoms with E-state index in [2.05, 4.69) is 5.10 Å². The molecule has 1 aromatic heterocycles. The number of carbonyl (C=O) groups is 1. The molecule has 0 saturated heterocycles. The van der Waals surface area contributed by atoms with E-state index < -0.39 is 6.10 Å². The van der Waals surface area contributed by atoms with Crippen LogP contribution in [0.5, 0.6) is 0 Å². The Balaban J connectivity index is 2.73. The van der Waals surface area contributed by atoms with Crippen LogP contribution in [0.2, 0.25) is 0 Å². The predicted octanol–water partition coefficient (Wildman–Crippen LogP) is 0.915. The van der Waals surface area contributed by atoms with Gasteiger partial charge >= 0.3 is 0 Å². The third-order valence-electron chi connectivity index (χ3n) is 1.85. The first-order valence-corrected chi connectivity index (χ1v) is 4.43. The normalized spacial score (nSPS) is 12.8. The number of aliphatic hydroxyl groups excluding tert-OH is 1. The maximum Gasteiger partial charge on any atom is 0.122 e. The molecule has 0 radical (unpaired) electrons.